The number of benzene rings is 1. The van der Waals surface area contributed by atoms with Crippen molar-refractivity contribution in [3.63, 3.8) is 0 Å². The van der Waals surface area contributed by atoms with E-state index in [1.54, 1.807) is 12.4 Å². The Morgan fingerprint density at radius 1 is 1.05 bits per heavy atom. The third-order valence-corrected chi connectivity index (χ3v) is 2.93. The van der Waals surface area contributed by atoms with Crippen LogP contribution in [0.1, 0.15) is 31.9 Å². The number of para-hydroxylation sites is 1. The average molecular weight is 270 g/mol. The predicted molar refractivity (Wildman–Crippen MR) is 81.6 cm³/mol. The molecule has 0 radical (unpaired) electrons. The summed E-state index contributed by atoms with van der Waals surface area (Å²) >= 11 is 0. The molecule has 1 N–H and O–H groups in total. The van der Waals surface area contributed by atoms with Crippen molar-refractivity contribution in [1.29, 1.82) is 0 Å². The third kappa shape index (κ3) is 4.67. The predicted octanol–water partition coefficient (Wildman–Crippen LogP) is 3.55. The molecule has 1 aromatic carbocycles. The Labute approximate surface area is 121 Å². The first-order chi connectivity index (χ1) is 9.54. The molecule has 0 unspecified atom stereocenters. The summed E-state index contributed by atoms with van der Waals surface area (Å²) in [5, 5.41) is 3.49. The van der Waals surface area contributed by atoms with Crippen LogP contribution in [-0.4, -0.2) is 10.5 Å². The van der Waals surface area contributed by atoms with Gasteiger partial charge >= 0.3 is 0 Å². The number of ether oxygens (including phenoxy) is 1. The van der Waals surface area contributed by atoms with E-state index in [0.717, 1.165) is 17.9 Å². The molecule has 20 heavy (non-hydrogen) atoms. The van der Waals surface area contributed by atoms with E-state index in [1.807, 2.05) is 30.3 Å². The van der Waals surface area contributed by atoms with Crippen LogP contribution in [0.3, 0.4) is 0 Å². The van der Waals surface area contributed by atoms with Crippen LogP contribution in [0.4, 0.5) is 0 Å². The van der Waals surface area contributed by atoms with Gasteiger partial charge in [0.05, 0.1) is 0 Å². The zero-order valence-electron chi connectivity index (χ0n) is 12.4. The van der Waals surface area contributed by atoms with Gasteiger partial charge in [0.2, 0.25) is 0 Å². The van der Waals surface area contributed by atoms with Gasteiger partial charge in [0.15, 0.2) is 0 Å². The number of nitrogens with one attached hydrogen (secondary N) is 1. The van der Waals surface area contributed by atoms with Crippen LogP contribution in [0.5, 0.6) is 5.75 Å². The van der Waals surface area contributed by atoms with Crippen LogP contribution < -0.4 is 10.1 Å². The Hall–Kier alpha value is -1.87. The quantitative estimate of drug-likeness (QED) is 0.902. The lowest BCUT2D eigenvalue weighted by Crippen LogP contribution is -2.35. The minimum absolute atomic E-state index is 0.0954. The van der Waals surface area contributed by atoms with Crippen LogP contribution in [0, 0.1) is 0 Å². The molecule has 0 amide bonds. The average Bonchev–Trinajstić information content (AvgIpc) is 2.44. The lowest BCUT2D eigenvalue weighted by molar-refractivity contribution is 0.300. The molecule has 2 rings (SSSR count). The van der Waals surface area contributed by atoms with Crippen molar-refractivity contribution in [1.82, 2.24) is 10.3 Å². The zero-order valence-corrected chi connectivity index (χ0v) is 12.4. The van der Waals surface area contributed by atoms with Gasteiger partial charge in [-0.3, -0.25) is 4.98 Å². The van der Waals surface area contributed by atoms with Crippen molar-refractivity contribution in [2.24, 2.45) is 0 Å². The van der Waals surface area contributed by atoms with Gasteiger partial charge in [-0.1, -0.05) is 18.2 Å². The molecular formula is C17H22N2O. The molecule has 1 aromatic heterocycles. The Bertz CT molecular complexity index is 532. The van der Waals surface area contributed by atoms with E-state index in [4.69, 9.17) is 4.74 Å². The highest BCUT2D eigenvalue weighted by molar-refractivity contribution is 5.33. The normalized spacial score (nSPS) is 11.3. The van der Waals surface area contributed by atoms with Crippen LogP contribution in [0.15, 0.2) is 48.8 Å². The van der Waals surface area contributed by atoms with Crippen LogP contribution in [0.25, 0.3) is 0 Å². The summed E-state index contributed by atoms with van der Waals surface area (Å²) in [6, 6.07) is 12.1. The number of aromatic nitrogens is 1. The molecule has 2 aromatic rings. The van der Waals surface area contributed by atoms with Crippen LogP contribution in [-0.2, 0) is 13.2 Å². The van der Waals surface area contributed by atoms with E-state index in [0.29, 0.717) is 6.61 Å². The molecule has 0 spiro atoms. The van der Waals surface area contributed by atoms with Crippen LogP contribution in [0.2, 0.25) is 0 Å². The lowest BCUT2D eigenvalue weighted by atomic mass is 10.1. The second-order valence-electron chi connectivity index (χ2n) is 5.86. The maximum Gasteiger partial charge on any atom is 0.124 e. The van der Waals surface area contributed by atoms with Gasteiger partial charge in [-0.25, -0.2) is 0 Å². The second kappa shape index (κ2) is 6.53. The van der Waals surface area contributed by atoms with Gasteiger partial charge in [0, 0.05) is 30.0 Å². The van der Waals surface area contributed by atoms with Gasteiger partial charge in [0.25, 0.3) is 0 Å². The highest BCUT2D eigenvalue weighted by Gasteiger charge is 2.10. The molecule has 0 aliphatic rings. The summed E-state index contributed by atoms with van der Waals surface area (Å²) in [6.45, 7) is 7.85. The Balaban J connectivity index is 2.01. The number of nitrogens with zero attached hydrogens (tertiary/aromatic N) is 1. The summed E-state index contributed by atoms with van der Waals surface area (Å²) in [5.41, 5.74) is 2.40. The molecule has 0 aliphatic heterocycles. The number of hydrogen-bond acceptors (Lipinski definition) is 3. The highest BCUT2D eigenvalue weighted by Crippen LogP contribution is 2.20. The van der Waals surface area contributed by atoms with Gasteiger partial charge in [0.1, 0.15) is 12.4 Å². The Kier molecular flexibility index (Phi) is 4.74. The third-order valence-electron chi connectivity index (χ3n) is 2.93. The molecular weight excluding hydrogens is 248 g/mol. The van der Waals surface area contributed by atoms with Gasteiger partial charge in [-0.2, -0.15) is 0 Å². The van der Waals surface area contributed by atoms with Gasteiger partial charge in [-0.15, -0.1) is 0 Å². The second-order valence-corrected chi connectivity index (χ2v) is 5.86. The fraction of sp³-hybridized carbons (Fsp3) is 0.353. The minimum atomic E-state index is 0.0954. The Morgan fingerprint density at radius 2 is 1.75 bits per heavy atom. The summed E-state index contributed by atoms with van der Waals surface area (Å²) < 4.78 is 5.92. The number of rotatable bonds is 5. The first-order valence-corrected chi connectivity index (χ1v) is 6.89. The molecule has 1 heterocycles. The van der Waals surface area contributed by atoms with E-state index in [1.165, 1.54) is 5.56 Å². The fourth-order valence-electron chi connectivity index (χ4n) is 1.79. The maximum atomic E-state index is 5.92. The lowest BCUT2D eigenvalue weighted by Gasteiger charge is -2.21. The molecule has 0 bridgehead atoms. The Morgan fingerprint density at radius 3 is 2.45 bits per heavy atom. The SMILES string of the molecule is CC(C)(C)NCc1ccccc1OCc1ccncc1. The van der Waals surface area contributed by atoms with Crippen molar-refractivity contribution in [2.45, 2.75) is 39.5 Å². The van der Waals surface area contributed by atoms with Crippen molar-refractivity contribution in [2.75, 3.05) is 0 Å². The first-order valence-electron chi connectivity index (χ1n) is 6.89. The largest absolute Gasteiger partial charge is 0.489 e. The van der Waals surface area contributed by atoms with Crippen molar-refractivity contribution in [3.8, 4) is 5.75 Å². The number of pyridine rings is 1. The summed E-state index contributed by atoms with van der Waals surface area (Å²) in [4.78, 5) is 4.01. The zero-order chi connectivity index (χ0) is 14.4. The molecule has 0 fully saturated rings. The molecule has 0 saturated heterocycles. The maximum absolute atomic E-state index is 5.92. The van der Waals surface area contributed by atoms with E-state index in [9.17, 15) is 0 Å². The topological polar surface area (TPSA) is 34.1 Å². The van der Waals surface area contributed by atoms with Crippen LogP contribution >= 0.6 is 0 Å². The summed E-state index contributed by atoms with van der Waals surface area (Å²) in [7, 11) is 0. The molecule has 106 valence electrons. The van der Waals surface area contributed by atoms with Gasteiger partial charge in [-0.05, 0) is 44.5 Å². The van der Waals surface area contributed by atoms with Gasteiger partial charge < -0.3 is 10.1 Å². The van der Waals surface area contributed by atoms with Crippen molar-refractivity contribution < 1.29 is 4.74 Å². The fourth-order valence-corrected chi connectivity index (χ4v) is 1.79. The minimum Gasteiger partial charge on any atom is -0.489 e. The molecule has 3 nitrogen and oxygen atoms in total. The highest BCUT2D eigenvalue weighted by atomic mass is 16.5. The molecule has 3 heteroatoms. The van der Waals surface area contributed by atoms with E-state index in [-0.39, 0.29) is 5.54 Å². The van der Waals surface area contributed by atoms with E-state index in [2.05, 4.69) is 37.1 Å². The summed E-state index contributed by atoms with van der Waals surface area (Å²) in [6.07, 6.45) is 3.57. The summed E-state index contributed by atoms with van der Waals surface area (Å²) in [5.74, 6) is 0.932. The first kappa shape index (κ1) is 14.5. The standard InChI is InChI=1S/C17H22N2O/c1-17(2,3)19-12-15-6-4-5-7-16(15)20-13-14-8-10-18-11-9-14/h4-11,19H,12-13H2,1-3H3. The molecule has 0 aliphatic carbocycles. The smallest absolute Gasteiger partial charge is 0.124 e. The van der Waals surface area contributed by atoms with E-state index < -0.39 is 0 Å². The molecule has 0 saturated carbocycles. The monoisotopic (exact) mass is 270 g/mol. The number of hydrogen-bond donors (Lipinski definition) is 1. The van der Waals surface area contributed by atoms with E-state index >= 15 is 0 Å². The van der Waals surface area contributed by atoms with Crippen molar-refractivity contribution in [3.05, 3.63) is 59.9 Å². The van der Waals surface area contributed by atoms with Crippen molar-refractivity contribution >= 4 is 0 Å². The molecule has 0 atom stereocenters.